The summed E-state index contributed by atoms with van der Waals surface area (Å²) in [4.78, 5) is 26.3. The van der Waals surface area contributed by atoms with Gasteiger partial charge in [-0.3, -0.25) is 9.59 Å². The number of aliphatic hydroxyl groups is 3. The van der Waals surface area contributed by atoms with E-state index in [9.17, 15) is 35.1 Å². The largest absolute Gasteiger partial charge is 0.507 e. The minimum atomic E-state index is -1.77. The van der Waals surface area contributed by atoms with Crippen molar-refractivity contribution in [1.29, 1.82) is 0 Å². The number of ether oxygens (including phenoxy) is 1. The molecule has 2 aliphatic rings. The first-order valence-corrected chi connectivity index (χ1v) is 9.08. The second-order valence-electron chi connectivity index (χ2n) is 7.56. The van der Waals surface area contributed by atoms with Crippen LogP contribution in [0.4, 0.5) is 0 Å². The van der Waals surface area contributed by atoms with Crippen molar-refractivity contribution in [3.63, 3.8) is 0 Å². The molecule has 0 spiro atoms. The zero-order valence-electron chi connectivity index (χ0n) is 15.8. The third kappa shape index (κ3) is 2.50. The molecular formula is C21H20O8. The van der Waals surface area contributed by atoms with Crippen LogP contribution in [-0.2, 0) is 6.42 Å². The number of hydrogen-bond donors (Lipinski definition) is 5. The zero-order chi connectivity index (χ0) is 21.2. The Morgan fingerprint density at radius 3 is 2.38 bits per heavy atom. The number of phenols is 2. The van der Waals surface area contributed by atoms with Crippen molar-refractivity contribution in [3.8, 4) is 17.2 Å². The predicted octanol–water partition coefficient (Wildman–Crippen LogP) is 0.973. The summed E-state index contributed by atoms with van der Waals surface area (Å²) in [5.74, 6) is -2.48. The number of carbonyl (C=O) groups is 2. The molecule has 0 saturated carbocycles. The van der Waals surface area contributed by atoms with Gasteiger partial charge >= 0.3 is 0 Å². The van der Waals surface area contributed by atoms with E-state index in [1.54, 1.807) is 0 Å². The van der Waals surface area contributed by atoms with Gasteiger partial charge in [-0.2, -0.15) is 0 Å². The average Bonchev–Trinajstić information content (AvgIpc) is 2.67. The third-order valence-electron chi connectivity index (χ3n) is 5.90. The van der Waals surface area contributed by atoms with Crippen molar-refractivity contribution in [3.05, 3.63) is 51.6 Å². The van der Waals surface area contributed by atoms with Gasteiger partial charge in [-0.05, 0) is 13.0 Å². The molecule has 2 aromatic rings. The summed E-state index contributed by atoms with van der Waals surface area (Å²) in [7, 11) is 1.34. The fraction of sp³-hybridized carbons (Fsp3) is 0.333. The molecule has 2 aromatic carbocycles. The number of methoxy groups -OCH3 is 1. The monoisotopic (exact) mass is 400 g/mol. The van der Waals surface area contributed by atoms with Crippen LogP contribution in [0.5, 0.6) is 17.2 Å². The molecule has 0 bridgehead atoms. The highest BCUT2D eigenvalue weighted by Gasteiger charge is 2.47. The van der Waals surface area contributed by atoms with Gasteiger partial charge in [0.2, 0.25) is 5.78 Å². The van der Waals surface area contributed by atoms with Crippen LogP contribution in [-0.4, -0.2) is 55.9 Å². The van der Waals surface area contributed by atoms with E-state index in [1.165, 1.54) is 32.2 Å². The van der Waals surface area contributed by atoms with Crippen LogP contribution < -0.4 is 4.74 Å². The first-order valence-electron chi connectivity index (χ1n) is 9.08. The summed E-state index contributed by atoms with van der Waals surface area (Å²) in [6, 6.07) is 4.44. The fourth-order valence-electron chi connectivity index (χ4n) is 4.29. The van der Waals surface area contributed by atoms with E-state index in [0.717, 1.165) is 0 Å². The van der Waals surface area contributed by atoms with Gasteiger partial charge in [0.25, 0.3) is 0 Å². The summed E-state index contributed by atoms with van der Waals surface area (Å²) >= 11 is 0. The van der Waals surface area contributed by atoms with Crippen LogP contribution in [0.15, 0.2) is 18.2 Å². The predicted molar refractivity (Wildman–Crippen MR) is 99.5 cm³/mol. The second kappa shape index (κ2) is 6.28. The highest BCUT2D eigenvalue weighted by atomic mass is 16.5. The number of fused-ring (bicyclic) bond motifs is 3. The van der Waals surface area contributed by atoms with Crippen LogP contribution in [0.25, 0.3) is 0 Å². The lowest BCUT2D eigenvalue weighted by atomic mass is 9.71. The molecule has 29 heavy (non-hydrogen) atoms. The van der Waals surface area contributed by atoms with E-state index in [1.807, 2.05) is 0 Å². The molecule has 2 aliphatic carbocycles. The number of ketones is 2. The van der Waals surface area contributed by atoms with Gasteiger partial charge in [0.05, 0.1) is 41.6 Å². The minimum absolute atomic E-state index is 0.0126. The molecule has 152 valence electrons. The van der Waals surface area contributed by atoms with Crippen molar-refractivity contribution in [1.82, 2.24) is 0 Å². The van der Waals surface area contributed by atoms with E-state index in [0.29, 0.717) is 0 Å². The Bertz CT molecular complexity index is 1070. The zero-order valence-corrected chi connectivity index (χ0v) is 15.8. The molecule has 0 unspecified atom stereocenters. The second-order valence-corrected chi connectivity index (χ2v) is 7.56. The van der Waals surface area contributed by atoms with Crippen molar-refractivity contribution < 1.29 is 39.9 Å². The topological polar surface area (TPSA) is 145 Å². The molecule has 0 amide bonds. The summed E-state index contributed by atoms with van der Waals surface area (Å²) < 4.78 is 5.18. The Morgan fingerprint density at radius 2 is 1.76 bits per heavy atom. The van der Waals surface area contributed by atoms with Crippen LogP contribution in [0.2, 0.25) is 0 Å². The third-order valence-corrected chi connectivity index (χ3v) is 5.90. The number of aromatic hydroxyl groups is 2. The molecule has 0 aliphatic heterocycles. The van der Waals surface area contributed by atoms with Gasteiger partial charge in [-0.25, -0.2) is 0 Å². The summed E-state index contributed by atoms with van der Waals surface area (Å²) in [5, 5.41) is 52.8. The summed E-state index contributed by atoms with van der Waals surface area (Å²) in [6.45, 7) is 1.34. The van der Waals surface area contributed by atoms with Crippen LogP contribution in [0.3, 0.4) is 0 Å². The fourth-order valence-corrected chi connectivity index (χ4v) is 4.29. The van der Waals surface area contributed by atoms with E-state index < -0.39 is 52.0 Å². The highest BCUT2D eigenvalue weighted by molar-refractivity contribution is 6.31. The lowest BCUT2D eigenvalue weighted by Gasteiger charge is -2.39. The lowest BCUT2D eigenvalue weighted by Crippen LogP contribution is -2.47. The summed E-state index contributed by atoms with van der Waals surface area (Å²) in [6.07, 6.45) is -3.33. The molecule has 0 fully saturated rings. The standard InChI is InChI=1S/C21H20O8/c1-8(22)21(28)6-10-13(11(23)7-21)19(26)16-15(18(10)25)17(24)9-4-3-5-12(29-2)14(9)20(16)27/h3-5,8,11,22-23,25-26,28H,6-7H2,1-2H3/t8-,11-,21-/m0/s1. The molecule has 8 nitrogen and oxygen atoms in total. The molecular weight excluding hydrogens is 380 g/mol. The lowest BCUT2D eigenvalue weighted by molar-refractivity contribution is -0.0999. The van der Waals surface area contributed by atoms with Gasteiger partial charge in [0, 0.05) is 29.5 Å². The molecule has 0 saturated heterocycles. The minimum Gasteiger partial charge on any atom is -0.507 e. The first kappa shape index (κ1) is 19.4. The first-order chi connectivity index (χ1) is 13.6. The van der Waals surface area contributed by atoms with Crippen molar-refractivity contribution >= 4 is 11.6 Å². The number of aliphatic hydroxyl groups excluding tert-OH is 2. The molecule has 0 heterocycles. The number of benzene rings is 2. The molecule has 5 N–H and O–H groups in total. The van der Waals surface area contributed by atoms with Crippen LogP contribution >= 0.6 is 0 Å². The number of rotatable bonds is 2. The molecule has 3 atom stereocenters. The van der Waals surface area contributed by atoms with Gasteiger partial charge in [0.1, 0.15) is 17.2 Å². The van der Waals surface area contributed by atoms with Crippen molar-refractivity contribution in [2.75, 3.05) is 7.11 Å². The van der Waals surface area contributed by atoms with Crippen molar-refractivity contribution in [2.45, 2.75) is 37.6 Å². The van der Waals surface area contributed by atoms with Crippen molar-refractivity contribution in [2.24, 2.45) is 0 Å². The average molecular weight is 400 g/mol. The van der Waals surface area contributed by atoms with E-state index in [2.05, 4.69) is 0 Å². The van der Waals surface area contributed by atoms with Crippen LogP contribution in [0, 0.1) is 0 Å². The van der Waals surface area contributed by atoms with Gasteiger partial charge < -0.3 is 30.3 Å². The number of carbonyl (C=O) groups excluding carboxylic acids is 2. The molecule has 8 heteroatoms. The Labute approximate surface area is 165 Å². The number of hydrogen-bond acceptors (Lipinski definition) is 8. The molecule has 0 aromatic heterocycles. The maximum absolute atomic E-state index is 13.2. The normalized spacial score (nSPS) is 23.8. The van der Waals surface area contributed by atoms with E-state index >= 15 is 0 Å². The van der Waals surface area contributed by atoms with E-state index in [4.69, 9.17) is 4.74 Å². The van der Waals surface area contributed by atoms with Gasteiger partial charge in [0.15, 0.2) is 5.78 Å². The van der Waals surface area contributed by atoms with Crippen LogP contribution in [0.1, 0.15) is 62.4 Å². The Morgan fingerprint density at radius 1 is 1.10 bits per heavy atom. The maximum Gasteiger partial charge on any atom is 0.202 e. The molecule has 0 radical (unpaired) electrons. The summed E-state index contributed by atoms with van der Waals surface area (Å²) in [5.41, 5.74) is -2.81. The highest BCUT2D eigenvalue weighted by Crippen LogP contribution is 2.51. The van der Waals surface area contributed by atoms with E-state index in [-0.39, 0.29) is 40.8 Å². The molecule has 4 rings (SSSR count). The van der Waals surface area contributed by atoms with Gasteiger partial charge in [-0.1, -0.05) is 12.1 Å². The van der Waals surface area contributed by atoms with Gasteiger partial charge in [-0.15, -0.1) is 0 Å². The maximum atomic E-state index is 13.2. The Hall–Kier alpha value is -2.94. The quantitative estimate of drug-likeness (QED) is 0.400. The Kier molecular flexibility index (Phi) is 4.20. The Balaban J connectivity index is 2.02. The SMILES string of the molecule is COc1cccc2c1C(=O)c1c(O)c3c(c(O)c1C2=O)C[C@@](O)([C@H](C)O)C[C@@H]3O. The smallest absolute Gasteiger partial charge is 0.202 e. The number of phenolic OH excluding ortho intramolecular Hbond substituents is 2.